The Hall–Kier alpha value is -2.10. The first-order valence-electron chi connectivity index (χ1n) is 8.03. The highest BCUT2D eigenvalue weighted by atomic mass is 16.1. The number of benzene rings is 1. The van der Waals surface area contributed by atoms with Gasteiger partial charge in [-0.15, -0.1) is 0 Å². The van der Waals surface area contributed by atoms with Crippen molar-refractivity contribution in [3.05, 3.63) is 52.8 Å². The molecule has 1 heterocycles. The highest BCUT2D eigenvalue weighted by molar-refractivity contribution is 5.94. The lowest BCUT2D eigenvalue weighted by molar-refractivity contribution is 0.0938. The fraction of sp³-hybridized carbons (Fsp3) is 0.444. The van der Waals surface area contributed by atoms with Crippen molar-refractivity contribution in [2.75, 3.05) is 0 Å². The summed E-state index contributed by atoms with van der Waals surface area (Å²) in [6.45, 7) is 4.75. The Bertz CT molecular complexity index is 669. The fourth-order valence-corrected chi connectivity index (χ4v) is 3.16. The van der Waals surface area contributed by atoms with Crippen LogP contribution in [0.25, 0.3) is 0 Å². The van der Waals surface area contributed by atoms with Crippen molar-refractivity contribution in [3.63, 3.8) is 0 Å². The maximum absolute atomic E-state index is 12.3. The third-order valence-electron chi connectivity index (χ3n) is 4.32. The van der Waals surface area contributed by atoms with E-state index in [1.807, 2.05) is 35.9 Å². The molecule has 0 unspecified atom stereocenters. The molecular weight excluding hydrogens is 274 g/mol. The van der Waals surface area contributed by atoms with Crippen LogP contribution in [0.4, 0.5) is 0 Å². The molecule has 1 N–H and O–H groups in total. The summed E-state index contributed by atoms with van der Waals surface area (Å²) in [6, 6.07) is 10.3. The van der Waals surface area contributed by atoms with Crippen LogP contribution in [0, 0.1) is 13.8 Å². The van der Waals surface area contributed by atoms with Crippen LogP contribution in [0.5, 0.6) is 0 Å². The number of hydrogen-bond acceptors (Lipinski definition) is 2. The zero-order valence-corrected chi connectivity index (χ0v) is 13.3. The first-order valence-corrected chi connectivity index (χ1v) is 8.03. The molecule has 3 rings (SSSR count). The van der Waals surface area contributed by atoms with Gasteiger partial charge in [-0.1, -0.05) is 25.0 Å². The van der Waals surface area contributed by atoms with Crippen LogP contribution in [0.2, 0.25) is 0 Å². The van der Waals surface area contributed by atoms with Crippen molar-refractivity contribution in [1.29, 1.82) is 0 Å². The van der Waals surface area contributed by atoms with Gasteiger partial charge in [0.15, 0.2) is 0 Å². The van der Waals surface area contributed by atoms with E-state index in [1.54, 1.807) is 0 Å². The minimum Gasteiger partial charge on any atom is -0.349 e. The topological polar surface area (TPSA) is 46.9 Å². The van der Waals surface area contributed by atoms with Gasteiger partial charge in [-0.2, -0.15) is 5.10 Å². The van der Waals surface area contributed by atoms with E-state index < -0.39 is 0 Å². The maximum atomic E-state index is 12.3. The number of rotatable bonds is 4. The normalized spacial score (nSPS) is 15.2. The largest absolute Gasteiger partial charge is 0.349 e. The molecule has 116 valence electrons. The van der Waals surface area contributed by atoms with Crippen LogP contribution in [-0.2, 0) is 6.54 Å². The zero-order chi connectivity index (χ0) is 15.5. The van der Waals surface area contributed by atoms with Crippen molar-refractivity contribution < 1.29 is 4.79 Å². The summed E-state index contributed by atoms with van der Waals surface area (Å²) in [5.41, 5.74) is 4.00. The molecule has 0 radical (unpaired) electrons. The van der Waals surface area contributed by atoms with E-state index in [9.17, 15) is 4.79 Å². The number of hydrogen-bond donors (Lipinski definition) is 1. The summed E-state index contributed by atoms with van der Waals surface area (Å²) in [4.78, 5) is 12.3. The second kappa shape index (κ2) is 6.34. The Morgan fingerprint density at radius 3 is 2.73 bits per heavy atom. The van der Waals surface area contributed by atoms with Crippen LogP contribution in [-0.4, -0.2) is 21.7 Å². The lowest BCUT2D eigenvalue weighted by Crippen LogP contribution is -2.32. The van der Waals surface area contributed by atoms with Gasteiger partial charge in [0, 0.05) is 17.3 Å². The molecule has 22 heavy (non-hydrogen) atoms. The van der Waals surface area contributed by atoms with Crippen LogP contribution in [0.15, 0.2) is 30.3 Å². The molecule has 1 aromatic heterocycles. The van der Waals surface area contributed by atoms with Gasteiger partial charge in [0.05, 0.1) is 12.2 Å². The lowest BCUT2D eigenvalue weighted by Gasteiger charge is -2.12. The van der Waals surface area contributed by atoms with E-state index in [0.29, 0.717) is 12.6 Å². The molecule has 1 fully saturated rings. The zero-order valence-electron chi connectivity index (χ0n) is 13.3. The Balaban J connectivity index is 1.71. The molecule has 1 saturated carbocycles. The fourth-order valence-electron chi connectivity index (χ4n) is 3.16. The average Bonchev–Trinajstić information content (AvgIpc) is 3.09. The molecule has 1 aromatic carbocycles. The third kappa shape index (κ3) is 3.38. The van der Waals surface area contributed by atoms with Gasteiger partial charge in [0.25, 0.3) is 5.91 Å². The van der Waals surface area contributed by atoms with Gasteiger partial charge in [-0.3, -0.25) is 9.48 Å². The number of nitrogens with zero attached hydrogens (tertiary/aromatic N) is 2. The summed E-state index contributed by atoms with van der Waals surface area (Å²) in [5, 5.41) is 7.62. The number of carbonyl (C=O) groups is 1. The quantitative estimate of drug-likeness (QED) is 0.942. The molecule has 0 spiro atoms. The lowest BCUT2D eigenvalue weighted by atomic mass is 10.1. The van der Waals surface area contributed by atoms with Crippen LogP contribution >= 0.6 is 0 Å². The molecular formula is C18H23N3O. The van der Waals surface area contributed by atoms with Crippen molar-refractivity contribution in [1.82, 2.24) is 15.1 Å². The third-order valence-corrected chi connectivity index (χ3v) is 4.32. The van der Waals surface area contributed by atoms with Crippen LogP contribution in [0.1, 0.15) is 53.0 Å². The summed E-state index contributed by atoms with van der Waals surface area (Å²) in [7, 11) is 0. The van der Waals surface area contributed by atoms with Gasteiger partial charge in [0.2, 0.25) is 0 Å². The van der Waals surface area contributed by atoms with Gasteiger partial charge in [-0.05, 0) is 50.5 Å². The Labute approximate surface area is 131 Å². The monoisotopic (exact) mass is 297 g/mol. The van der Waals surface area contributed by atoms with Gasteiger partial charge < -0.3 is 5.32 Å². The van der Waals surface area contributed by atoms with Crippen molar-refractivity contribution >= 4 is 5.91 Å². The number of nitrogens with one attached hydrogen (secondary N) is 1. The summed E-state index contributed by atoms with van der Waals surface area (Å²) >= 11 is 0. The molecule has 4 heteroatoms. The van der Waals surface area contributed by atoms with Crippen LogP contribution < -0.4 is 5.32 Å². The molecule has 1 aliphatic rings. The van der Waals surface area contributed by atoms with Crippen LogP contribution in [0.3, 0.4) is 0 Å². The van der Waals surface area contributed by atoms with Crippen molar-refractivity contribution in [2.24, 2.45) is 0 Å². The van der Waals surface area contributed by atoms with E-state index in [2.05, 4.69) is 23.4 Å². The second-order valence-corrected chi connectivity index (χ2v) is 6.24. The molecule has 1 amide bonds. The number of aromatic nitrogens is 2. The Morgan fingerprint density at radius 1 is 1.27 bits per heavy atom. The average molecular weight is 297 g/mol. The van der Waals surface area contributed by atoms with E-state index >= 15 is 0 Å². The van der Waals surface area contributed by atoms with Gasteiger partial charge in [-0.25, -0.2) is 0 Å². The SMILES string of the molecule is Cc1cc(C)n(Cc2cccc(C(=O)NC3CCCC3)c2)n1. The predicted octanol–water partition coefficient (Wildman–Crippen LogP) is 3.22. The van der Waals surface area contributed by atoms with E-state index in [1.165, 1.54) is 12.8 Å². The standard InChI is InChI=1S/C18H23N3O/c1-13-10-14(2)21(20-13)12-15-6-5-7-16(11-15)18(22)19-17-8-3-4-9-17/h5-7,10-11,17H,3-4,8-9,12H2,1-2H3,(H,19,22). The molecule has 4 nitrogen and oxygen atoms in total. The van der Waals surface area contributed by atoms with E-state index in [0.717, 1.165) is 35.4 Å². The smallest absolute Gasteiger partial charge is 0.251 e. The Kier molecular flexibility index (Phi) is 4.27. The van der Waals surface area contributed by atoms with Crippen molar-refractivity contribution in [2.45, 2.75) is 52.1 Å². The highest BCUT2D eigenvalue weighted by Crippen LogP contribution is 2.18. The number of carbonyl (C=O) groups excluding carboxylic acids is 1. The summed E-state index contributed by atoms with van der Waals surface area (Å²) in [6.07, 6.45) is 4.67. The first-order chi connectivity index (χ1) is 10.6. The Morgan fingerprint density at radius 2 is 2.05 bits per heavy atom. The molecule has 2 aromatic rings. The highest BCUT2D eigenvalue weighted by Gasteiger charge is 2.18. The number of amides is 1. The minimum absolute atomic E-state index is 0.0436. The minimum atomic E-state index is 0.0436. The molecule has 1 aliphatic carbocycles. The van der Waals surface area contributed by atoms with Gasteiger partial charge >= 0.3 is 0 Å². The molecule has 0 aliphatic heterocycles. The molecule has 0 atom stereocenters. The predicted molar refractivity (Wildman–Crippen MR) is 87.0 cm³/mol. The van der Waals surface area contributed by atoms with E-state index in [4.69, 9.17) is 0 Å². The summed E-state index contributed by atoms with van der Waals surface area (Å²) in [5.74, 6) is 0.0436. The molecule has 0 saturated heterocycles. The number of aryl methyl sites for hydroxylation is 2. The maximum Gasteiger partial charge on any atom is 0.251 e. The second-order valence-electron chi connectivity index (χ2n) is 6.24. The molecule has 0 bridgehead atoms. The summed E-state index contributed by atoms with van der Waals surface area (Å²) < 4.78 is 1.98. The van der Waals surface area contributed by atoms with Crippen molar-refractivity contribution in [3.8, 4) is 0 Å². The van der Waals surface area contributed by atoms with Gasteiger partial charge in [0.1, 0.15) is 0 Å². The van der Waals surface area contributed by atoms with E-state index in [-0.39, 0.29) is 5.91 Å². The first kappa shape index (κ1) is 14.8.